The highest BCUT2D eigenvalue weighted by Gasteiger charge is 2.14. The number of rotatable bonds is 17. The highest BCUT2D eigenvalue weighted by molar-refractivity contribution is 5.95. The summed E-state index contributed by atoms with van der Waals surface area (Å²) in [6.07, 6.45) is 27.1. The van der Waals surface area contributed by atoms with Crippen LogP contribution in [0.5, 0.6) is 5.75 Å². The first-order valence-electron chi connectivity index (χ1n) is 13.4. The van der Waals surface area contributed by atoms with E-state index in [1.165, 1.54) is 24.8 Å². The molecule has 192 valence electrons. The van der Waals surface area contributed by atoms with Crippen LogP contribution in [0.1, 0.15) is 81.5 Å². The molecule has 0 aliphatic carbocycles. The van der Waals surface area contributed by atoms with E-state index in [0.29, 0.717) is 6.42 Å². The largest absolute Gasteiger partial charge is 0.497 e. The number of ether oxygens (including phenoxy) is 1. The van der Waals surface area contributed by atoms with E-state index in [-0.39, 0.29) is 5.91 Å². The average Bonchev–Trinajstić information content (AvgIpc) is 3.22. The molecule has 4 nitrogen and oxygen atoms in total. The summed E-state index contributed by atoms with van der Waals surface area (Å²) < 4.78 is 7.28. The summed E-state index contributed by atoms with van der Waals surface area (Å²) in [5.74, 6) is 1.03. The highest BCUT2D eigenvalue weighted by Crippen LogP contribution is 2.27. The Morgan fingerprint density at radius 2 is 1.63 bits per heavy atom. The van der Waals surface area contributed by atoms with Crippen LogP contribution in [0.3, 0.4) is 0 Å². The summed E-state index contributed by atoms with van der Waals surface area (Å²) in [5, 5.41) is 1.12. The summed E-state index contributed by atoms with van der Waals surface area (Å²) in [6.45, 7) is 3.11. The molecule has 0 saturated carbocycles. The first kappa shape index (κ1) is 28.6. The molecule has 0 bridgehead atoms. The molecular formula is C31H46N2O2. The Morgan fingerprint density at radius 3 is 2.34 bits per heavy atom. The molecule has 0 aliphatic rings. The van der Waals surface area contributed by atoms with E-state index in [1.807, 2.05) is 22.9 Å². The molecule has 1 heterocycles. The lowest BCUT2D eigenvalue weighted by molar-refractivity contribution is 0.0904. The minimum absolute atomic E-state index is 0.192. The maximum atomic E-state index is 13.0. The molecule has 0 radical (unpaired) electrons. The molecule has 35 heavy (non-hydrogen) atoms. The smallest absolute Gasteiger partial charge is 0.231 e. The number of fused-ring (bicyclic) bond motifs is 1. The molecule has 1 aromatic carbocycles. The number of allylic oxidation sites excluding steroid dienone is 6. The SMILES string of the molecule is CC/C=C\C/C=C\C/C=C\CCCCCCCC(=O)n1cc(CCN(C)C)c2cc(OC)ccc21. The van der Waals surface area contributed by atoms with Gasteiger partial charge < -0.3 is 9.64 Å². The topological polar surface area (TPSA) is 34.5 Å². The zero-order valence-corrected chi connectivity index (χ0v) is 22.5. The van der Waals surface area contributed by atoms with Crippen LogP contribution < -0.4 is 4.74 Å². The minimum Gasteiger partial charge on any atom is -0.497 e. The predicted octanol–water partition coefficient (Wildman–Crippen LogP) is 7.98. The first-order chi connectivity index (χ1) is 17.1. The van der Waals surface area contributed by atoms with Gasteiger partial charge in [-0.15, -0.1) is 0 Å². The van der Waals surface area contributed by atoms with Gasteiger partial charge in [0, 0.05) is 24.5 Å². The van der Waals surface area contributed by atoms with Gasteiger partial charge in [-0.05, 0) is 82.8 Å². The van der Waals surface area contributed by atoms with Gasteiger partial charge in [-0.3, -0.25) is 9.36 Å². The van der Waals surface area contributed by atoms with Gasteiger partial charge in [0.25, 0.3) is 0 Å². The standard InChI is InChI=1S/C31H46N2O2/c1-5-6-7-8-9-10-11-12-13-14-15-16-17-18-19-20-31(34)33-26-27(23-24-32(2)3)29-25-28(35-4)21-22-30(29)33/h6-7,9-10,12-13,21-22,25-26H,5,8,11,14-20,23-24H2,1-4H3/b7-6-,10-9-,13-12-. The monoisotopic (exact) mass is 478 g/mol. The molecule has 4 heteroatoms. The number of carbonyl (C=O) groups excluding carboxylic acids is 1. The van der Waals surface area contributed by atoms with Crippen molar-refractivity contribution in [3.63, 3.8) is 0 Å². The van der Waals surface area contributed by atoms with Crippen LogP contribution in [0, 0.1) is 0 Å². The summed E-state index contributed by atoms with van der Waals surface area (Å²) >= 11 is 0. The molecule has 0 aliphatic heterocycles. The van der Waals surface area contributed by atoms with Gasteiger partial charge in [0.15, 0.2) is 0 Å². The van der Waals surface area contributed by atoms with Crippen molar-refractivity contribution in [1.82, 2.24) is 9.47 Å². The van der Waals surface area contributed by atoms with Crippen molar-refractivity contribution in [1.29, 1.82) is 0 Å². The molecule has 0 unspecified atom stereocenters. The molecule has 0 amide bonds. The van der Waals surface area contributed by atoms with Gasteiger partial charge in [-0.2, -0.15) is 0 Å². The Hall–Kier alpha value is -2.59. The fourth-order valence-electron chi connectivity index (χ4n) is 4.17. The Balaban J connectivity index is 1.70. The Bertz CT molecular complexity index is 966. The van der Waals surface area contributed by atoms with Gasteiger partial charge >= 0.3 is 0 Å². The van der Waals surface area contributed by atoms with E-state index in [9.17, 15) is 4.79 Å². The van der Waals surface area contributed by atoms with E-state index in [1.54, 1.807) is 7.11 Å². The van der Waals surface area contributed by atoms with Gasteiger partial charge in [-0.25, -0.2) is 0 Å². The third-order valence-corrected chi connectivity index (χ3v) is 6.23. The molecule has 0 N–H and O–H groups in total. The van der Waals surface area contributed by atoms with Crippen LogP contribution in [-0.2, 0) is 6.42 Å². The number of carbonyl (C=O) groups is 1. The van der Waals surface area contributed by atoms with E-state index in [4.69, 9.17) is 4.74 Å². The second-order valence-corrected chi connectivity index (χ2v) is 9.45. The molecule has 0 atom stereocenters. The maximum Gasteiger partial charge on any atom is 0.231 e. The number of methoxy groups -OCH3 is 1. The van der Waals surface area contributed by atoms with Crippen LogP contribution in [0.4, 0.5) is 0 Å². The Kier molecular flexibility index (Phi) is 13.9. The van der Waals surface area contributed by atoms with Crippen molar-refractivity contribution in [2.45, 2.75) is 77.6 Å². The predicted molar refractivity (Wildman–Crippen MR) is 151 cm³/mol. The second-order valence-electron chi connectivity index (χ2n) is 9.45. The lowest BCUT2D eigenvalue weighted by atomic mass is 10.1. The van der Waals surface area contributed by atoms with Crippen molar-refractivity contribution in [2.75, 3.05) is 27.7 Å². The number of likely N-dealkylation sites (N-methyl/N-ethyl adjacent to an activating group) is 1. The zero-order valence-electron chi connectivity index (χ0n) is 22.5. The van der Waals surface area contributed by atoms with Crippen LogP contribution in [-0.4, -0.2) is 43.1 Å². The van der Waals surface area contributed by atoms with E-state index >= 15 is 0 Å². The van der Waals surface area contributed by atoms with E-state index in [2.05, 4.69) is 68.4 Å². The number of hydrogen-bond donors (Lipinski definition) is 0. The van der Waals surface area contributed by atoms with Gasteiger partial charge in [0.2, 0.25) is 5.91 Å². The first-order valence-corrected chi connectivity index (χ1v) is 13.4. The fourth-order valence-corrected chi connectivity index (χ4v) is 4.17. The molecule has 2 rings (SSSR count). The molecule has 1 aromatic heterocycles. The normalized spacial score (nSPS) is 12.3. The van der Waals surface area contributed by atoms with E-state index in [0.717, 1.165) is 68.1 Å². The zero-order chi connectivity index (χ0) is 25.3. The maximum absolute atomic E-state index is 13.0. The van der Waals surface area contributed by atoms with Gasteiger partial charge in [0.1, 0.15) is 5.75 Å². The third kappa shape index (κ3) is 10.7. The molecule has 0 saturated heterocycles. The number of benzene rings is 1. The summed E-state index contributed by atoms with van der Waals surface area (Å²) in [7, 11) is 5.84. The molecular weight excluding hydrogens is 432 g/mol. The summed E-state index contributed by atoms with van der Waals surface area (Å²) in [4.78, 5) is 15.2. The highest BCUT2D eigenvalue weighted by atomic mass is 16.5. The van der Waals surface area contributed by atoms with Crippen LogP contribution in [0.2, 0.25) is 0 Å². The quantitative estimate of drug-likeness (QED) is 0.171. The van der Waals surface area contributed by atoms with Crippen molar-refractivity contribution in [3.05, 3.63) is 66.4 Å². The Morgan fingerprint density at radius 1 is 0.943 bits per heavy atom. The molecule has 0 spiro atoms. The van der Waals surface area contributed by atoms with Crippen molar-refractivity contribution in [2.24, 2.45) is 0 Å². The Labute approximate surface area is 213 Å². The van der Waals surface area contributed by atoms with Gasteiger partial charge in [0.05, 0.1) is 12.6 Å². The molecule has 2 aromatic rings. The second kappa shape index (κ2) is 16.9. The third-order valence-electron chi connectivity index (χ3n) is 6.23. The summed E-state index contributed by atoms with van der Waals surface area (Å²) in [6, 6.07) is 6.01. The van der Waals surface area contributed by atoms with Gasteiger partial charge in [-0.1, -0.05) is 62.6 Å². The molecule has 0 fully saturated rings. The van der Waals surface area contributed by atoms with Crippen molar-refractivity contribution in [3.8, 4) is 5.75 Å². The lowest BCUT2D eigenvalue weighted by Gasteiger charge is -2.08. The summed E-state index contributed by atoms with van der Waals surface area (Å²) in [5.41, 5.74) is 2.20. The van der Waals surface area contributed by atoms with Crippen molar-refractivity contribution < 1.29 is 9.53 Å². The van der Waals surface area contributed by atoms with Crippen LogP contribution in [0.15, 0.2) is 60.9 Å². The van der Waals surface area contributed by atoms with E-state index < -0.39 is 0 Å². The number of hydrogen-bond acceptors (Lipinski definition) is 3. The number of aromatic nitrogens is 1. The lowest BCUT2D eigenvalue weighted by Crippen LogP contribution is -2.15. The number of unbranched alkanes of at least 4 members (excludes halogenated alkanes) is 5. The van der Waals surface area contributed by atoms with Crippen LogP contribution in [0.25, 0.3) is 10.9 Å². The minimum atomic E-state index is 0.192. The van der Waals surface area contributed by atoms with Crippen LogP contribution >= 0.6 is 0 Å². The van der Waals surface area contributed by atoms with Crippen molar-refractivity contribution >= 4 is 16.8 Å². The number of nitrogens with zero attached hydrogens (tertiary/aromatic N) is 2. The average molecular weight is 479 g/mol. The fraction of sp³-hybridized carbons (Fsp3) is 0.516.